The van der Waals surface area contributed by atoms with Gasteiger partial charge in [0.25, 0.3) is 9.05 Å². The van der Waals surface area contributed by atoms with Crippen molar-refractivity contribution in [3.05, 3.63) is 34.6 Å². The summed E-state index contributed by atoms with van der Waals surface area (Å²) in [7, 11) is 4.27. The molecule has 1 heterocycles. The molecule has 0 aliphatic heterocycles. The summed E-state index contributed by atoms with van der Waals surface area (Å²) in [5.74, 6) is 0.491. The fraction of sp³-hybridized carbons (Fsp3) is 0.182. The van der Waals surface area contributed by atoms with E-state index in [1.807, 2.05) is 0 Å². The number of nitrogens with zero attached hydrogens (tertiary/aromatic N) is 1. The van der Waals surface area contributed by atoms with E-state index in [9.17, 15) is 13.2 Å². The van der Waals surface area contributed by atoms with Crippen molar-refractivity contribution in [3.63, 3.8) is 0 Å². The molecule has 7 heteroatoms. The highest BCUT2D eigenvalue weighted by molar-refractivity contribution is 8.13. The Labute approximate surface area is 108 Å². The van der Waals surface area contributed by atoms with Gasteiger partial charge in [-0.2, -0.15) is 0 Å². The Kier molecular flexibility index (Phi) is 3.08. The number of rotatable bonds is 2. The number of fused-ring (bicyclic) bond motifs is 1. The predicted octanol–water partition coefficient (Wildman–Crippen LogP) is 1.47. The molecule has 2 rings (SSSR count). The summed E-state index contributed by atoms with van der Waals surface area (Å²) in [5, 5.41) is 0.249. The van der Waals surface area contributed by atoms with Crippen LogP contribution in [-0.4, -0.2) is 20.1 Å². The molecule has 0 bridgehead atoms. The lowest BCUT2D eigenvalue weighted by Gasteiger charge is -2.10. The van der Waals surface area contributed by atoms with E-state index in [0.29, 0.717) is 11.3 Å². The highest BCUT2D eigenvalue weighted by Crippen LogP contribution is 2.24. The number of aromatic nitrogens is 1. The van der Waals surface area contributed by atoms with Crippen molar-refractivity contribution < 1.29 is 13.2 Å². The first-order valence-electron chi connectivity index (χ1n) is 4.97. The van der Waals surface area contributed by atoms with Gasteiger partial charge in [0.2, 0.25) is 5.43 Å². The van der Waals surface area contributed by atoms with Gasteiger partial charge >= 0.3 is 0 Å². The summed E-state index contributed by atoms with van der Waals surface area (Å²) < 4.78 is 29.3. The van der Waals surface area contributed by atoms with Crippen molar-refractivity contribution in [3.8, 4) is 5.75 Å². The minimum absolute atomic E-state index is 0.249. The van der Waals surface area contributed by atoms with E-state index >= 15 is 0 Å². The zero-order valence-electron chi connectivity index (χ0n) is 9.68. The van der Waals surface area contributed by atoms with Crippen molar-refractivity contribution in [2.24, 2.45) is 7.05 Å². The summed E-state index contributed by atoms with van der Waals surface area (Å²) in [4.78, 5) is 11.6. The number of aryl methyl sites for hydroxylation is 1. The number of benzene rings is 1. The predicted molar refractivity (Wildman–Crippen MR) is 68.8 cm³/mol. The molecule has 2 aromatic rings. The molecule has 0 fully saturated rings. The SMILES string of the molecule is COc1cccc2c(=O)c(S(=O)(=O)Cl)cn(C)c12. The maximum atomic E-state index is 12.1. The van der Waals surface area contributed by atoms with Crippen LogP contribution in [0.5, 0.6) is 5.75 Å². The summed E-state index contributed by atoms with van der Waals surface area (Å²) >= 11 is 0. The number of para-hydroxylation sites is 1. The Morgan fingerprint density at radius 3 is 2.56 bits per heavy atom. The molecule has 96 valence electrons. The first kappa shape index (κ1) is 12.9. The minimum Gasteiger partial charge on any atom is -0.495 e. The molecule has 0 saturated heterocycles. The molecule has 0 aliphatic rings. The summed E-state index contributed by atoms with van der Waals surface area (Å²) in [6, 6.07) is 4.84. The quantitative estimate of drug-likeness (QED) is 0.785. The second kappa shape index (κ2) is 4.29. The molecule has 0 aliphatic carbocycles. The standard InChI is InChI=1S/C11H10ClNO4S/c1-13-6-9(18(12,15)16)11(14)7-4-3-5-8(17-2)10(7)13/h3-6H,1-2H3. The van der Waals surface area contributed by atoms with Crippen molar-refractivity contribution >= 4 is 30.6 Å². The molecule has 0 atom stereocenters. The zero-order valence-corrected chi connectivity index (χ0v) is 11.2. The van der Waals surface area contributed by atoms with Gasteiger partial charge in [-0.05, 0) is 12.1 Å². The Hall–Kier alpha value is -1.53. The van der Waals surface area contributed by atoms with E-state index in [4.69, 9.17) is 15.4 Å². The van der Waals surface area contributed by atoms with Crippen LogP contribution >= 0.6 is 10.7 Å². The van der Waals surface area contributed by atoms with Crippen LogP contribution in [0, 0.1) is 0 Å². The second-order valence-electron chi connectivity index (χ2n) is 3.73. The van der Waals surface area contributed by atoms with Crippen LogP contribution in [0.15, 0.2) is 34.1 Å². The van der Waals surface area contributed by atoms with Gasteiger partial charge in [0, 0.05) is 23.9 Å². The molecule has 0 radical (unpaired) electrons. The fourth-order valence-corrected chi connectivity index (χ4v) is 2.78. The first-order valence-corrected chi connectivity index (χ1v) is 7.28. The van der Waals surface area contributed by atoms with E-state index < -0.39 is 19.4 Å². The van der Waals surface area contributed by atoms with Gasteiger partial charge in [-0.25, -0.2) is 8.42 Å². The van der Waals surface area contributed by atoms with Gasteiger partial charge in [0.1, 0.15) is 10.6 Å². The fourth-order valence-electron chi connectivity index (χ4n) is 1.84. The first-order chi connectivity index (χ1) is 8.36. The van der Waals surface area contributed by atoms with Crippen molar-refractivity contribution in [2.75, 3.05) is 7.11 Å². The number of methoxy groups -OCH3 is 1. The summed E-state index contributed by atoms with van der Waals surface area (Å²) in [6.45, 7) is 0. The number of halogens is 1. The van der Waals surface area contributed by atoms with Crippen molar-refractivity contribution in [1.29, 1.82) is 0 Å². The third-order valence-electron chi connectivity index (χ3n) is 2.61. The van der Waals surface area contributed by atoms with Crippen LogP contribution in [0.1, 0.15) is 0 Å². The largest absolute Gasteiger partial charge is 0.495 e. The zero-order chi connectivity index (χ0) is 13.5. The van der Waals surface area contributed by atoms with E-state index in [-0.39, 0.29) is 5.39 Å². The number of pyridine rings is 1. The second-order valence-corrected chi connectivity index (χ2v) is 6.26. The van der Waals surface area contributed by atoms with Crippen molar-refractivity contribution in [1.82, 2.24) is 4.57 Å². The average Bonchev–Trinajstić information content (AvgIpc) is 2.31. The Morgan fingerprint density at radius 1 is 1.33 bits per heavy atom. The van der Waals surface area contributed by atoms with Gasteiger partial charge in [0.05, 0.1) is 18.0 Å². The highest BCUT2D eigenvalue weighted by atomic mass is 35.7. The van der Waals surface area contributed by atoms with Crippen LogP contribution in [0.2, 0.25) is 0 Å². The molecule has 0 saturated carbocycles. The van der Waals surface area contributed by atoms with Crippen LogP contribution in [0.4, 0.5) is 0 Å². The van der Waals surface area contributed by atoms with Gasteiger partial charge in [-0.3, -0.25) is 4.79 Å². The van der Waals surface area contributed by atoms with Gasteiger partial charge < -0.3 is 9.30 Å². The average molecular weight is 288 g/mol. The normalized spacial score (nSPS) is 11.7. The molecule has 1 aromatic carbocycles. The van der Waals surface area contributed by atoms with Gasteiger partial charge in [-0.1, -0.05) is 6.07 Å². The third-order valence-corrected chi connectivity index (χ3v) is 3.93. The smallest absolute Gasteiger partial charge is 0.266 e. The maximum Gasteiger partial charge on any atom is 0.266 e. The molecule has 0 spiro atoms. The Bertz CT molecular complexity index is 779. The molecule has 5 nitrogen and oxygen atoms in total. The minimum atomic E-state index is -4.07. The van der Waals surface area contributed by atoms with E-state index in [1.165, 1.54) is 23.9 Å². The lowest BCUT2D eigenvalue weighted by atomic mass is 10.2. The van der Waals surface area contributed by atoms with Crippen LogP contribution in [0.3, 0.4) is 0 Å². The van der Waals surface area contributed by atoms with Crippen LogP contribution < -0.4 is 10.2 Å². The van der Waals surface area contributed by atoms with Crippen LogP contribution in [-0.2, 0) is 16.1 Å². The lowest BCUT2D eigenvalue weighted by molar-refractivity contribution is 0.417. The molecule has 0 N–H and O–H groups in total. The topological polar surface area (TPSA) is 65.4 Å². The molecule has 18 heavy (non-hydrogen) atoms. The van der Waals surface area contributed by atoms with Crippen LogP contribution in [0.25, 0.3) is 10.9 Å². The van der Waals surface area contributed by atoms with E-state index in [0.717, 1.165) is 0 Å². The molecular weight excluding hydrogens is 278 g/mol. The van der Waals surface area contributed by atoms with Crippen molar-refractivity contribution in [2.45, 2.75) is 4.90 Å². The van der Waals surface area contributed by atoms with E-state index in [2.05, 4.69) is 0 Å². The summed E-state index contributed by atoms with van der Waals surface area (Å²) in [5.41, 5.74) is -0.105. The number of hydrogen-bond acceptors (Lipinski definition) is 4. The lowest BCUT2D eigenvalue weighted by Crippen LogP contribution is -2.15. The number of hydrogen-bond donors (Lipinski definition) is 0. The molecule has 0 unspecified atom stereocenters. The monoisotopic (exact) mass is 287 g/mol. The maximum absolute atomic E-state index is 12.1. The number of ether oxygens (including phenoxy) is 1. The Balaban J connectivity index is 3.03. The van der Waals surface area contributed by atoms with Gasteiger partial charge in [0.15, 0.2) is 0 Å². The van der Waals surface area contributed by atoms with E-state index in [1.54, 1.807) is 19.2 Å². The molecule has 1 aromatic heterocycles. The Morgan fingerprint density at radius 2 is 2.00 bits per heavy atom. The molecule has 0 amide bonds. The molecular formula is C11H10ClNO4S. The third kappa shape index (κ3) is 1.97. The summed E-state index contributed by atoms with van der Waals surface area (Å²) in [6.07, 6.45) is 1.19. The highest BCUT2D eigenvalue weighted by Gasteiger charge is 2.19. The van der Waals surface area contributed by atoms with Gasteiger partial charge in [-0.15, -0.1) is 0 Å².